The second-order valence-electron chi connectivity index (χ2n) is 7.29. The van der Waals surface area contributed by atoms with Crippen LogP contribution < -0.4 is 19.7 Å². The SMILES string of the molecule is COc1ccc(CNC(=O)[C@H]2Cc3ccccc3N2C(=O)c2ccccc2)c(OC)c1. The number of hydrogen-bond acceptors (Lipinski definition) is 4. The molecule has 1 aliphatic heterocycles. The van der Waals surface area contributed by atoms with Crippen molar-refractivity contribution in [1.29, 1.82) is 0 Å². The summed E-state index contributed by atoms with van der Waals surface area (Å²) in [6.07, 6.45) is 0.473. The van der Waals surface area contributed by atoms with Gasteiger partial charge in [-0.05, 0) is 35.9 Å². The lowest BCUT2D eigenvalue weighted by atomic mass is 10.1. The molecule has 1 aliphatic rings. The van der Waals surface area contributed by atoms with Crippen LogP contribution in [-0.4, -0.2) is 32.1 Å². The Bertz CT molecular complexity index is 1100. The van der Waals surface area contributed by atoms with Crippen LogP contribution in [0, 0.1) is 0 Å². The number of hydrogen-bond donors (Lipinski definition) is 1. The molecule has 0 radical (unpaired) electrons. The first-order chi connectivity index (χ1) is 15.1. The minimum atomic E-state index is -0.616. The van der Waals surface area contributed by atoms with Crippen molar-refractivity contribution in [2.24, 2.45) is 0 Å². The molecule has 4 rings (SSSR count). The van der Waals surface area contributed by atoms with E-state index in [1.165, 1.54) is 0 Å². The molecule has 3 aromatic carbocycles. The Balaban J connectivity index is 1.56. The molecule has 6 nitrogen and oxygen atoms in total. The van der Waals surface area contributed by atoms with Gasteiger partial charge in [-0.25, -0.2) is 0 Å². The molecule has 3 aromatic rings. The van der Waals surface area contributed by atoms with E-state index >= 15 is 0 Å². The smallest absolute Gasteiger partial charge is 0.259 e. The van der Waals surface area contributed by atoms with E-state index in [4.69, 9.17) is 9.47 Å². The van der Waals surface area contributed by atoms with Crippen molar-refractivity contribution in [3.05, 3.63) is 89.5 Å². The van der Waals surface area contributed by atoms with Crippen LogP contribution in [0.1, 0.15) is 21.5 Å². The minimum absolute atomic E-state index is 0.187. The van der Waals surface area contributed by atoms with Gasteiger partial charge in [-0.1, -0.05) is 36.4 Å². The molecular weight excluding hydrogens is 392 g/mol. The monoisotopic (exact) mass is 416 g/mol. The first-order valence-electron chi connectivity index (χ1n) is 10.1. The molecule has 1 atom stereocenters. The van der Waals surface area contributed by atoms with Gasteiger partial charge in [0.25, 0.3) is 5.91 Å². The number of methoxy groups -OCH3 is 2. The summed E-state index contributed by atoms with van der Waals surface area (Å²) in [5, 5.41) is 2.97. The fourth-order valence-corrected chi connectivity index (χ4v) is 3.86. The Labute approximate surface area is 181 Å². The lowest BCUT2D eigenvalue weighted by Crippen LogP contribution is -2.48. The van der Waals surface area contributed by atoms with Gasteiger partial charge in [0.15, 0.2) is 0 Å². The zero-order chi connectivity index (χ0) is 21.8. The lowest BCUT2D eigenvalue weighted by molar-refractivity contribution is -0.122. The van der Waals surface area contributed by atoms with Gasteiger partial charge in [0.1, 0.15) is 17.5 Å². The van der Waals surface area contributed by atoms with Crippen LogP contribution in [0.2, 0.25) is 0 Å². The van der Waals surface area contributed by atoms with E-state index in [0.29, 0.717) is 23.5 Å². The number of anilines is 1. The number of carbonyl (C=O) groups is 2. The average molecular weight is 416 g/mol. The van der Waals surface area contributed by atoms with E-state index in [9.17, 15) is 9.59 Å². The maximum atomic E-state index is 13.3. The molecular formula is C25H24N2O4. The number of rotatable bonds is 6. The summed E-state index contributed by atoms with van der Waals surface area (Å²) < 4.78 is 10.6. The fraction of sp³-hybridized carbons (Fsp3) is 0.200. The Kier molecular flexibility index (Phi) is 5.89. The summed E-state index contributed by atoms with van der Waals surface area (Å²) in [6.45, 7) is 0.284. The second kappa shape index (κ2) is 8.92. The molecule has 2 amide bonds. The van der Waals surface area contributed by atoms with Crippen molar-refractivity contribution in [2.75, 3.05) is 19.1 Å². The number of carbonyl (C=O) groups excluding carboxylic acids is 2. The summed E-state index contributed by atoms with van der Waals surface area (Å²) in [5.41, 5.74) is 3.13. The molecule has 0 saturated carbocycles. The zero-order valence-electron chi connectivity index (χ0n) is 17.5. The number of nitrogens with one attached hydrogen (secondary N) is 1. The topological polar surface area (TPSA) is 67.9 Å². The molecule has 158 valence electrons. The largest absolute Gasteiger partial charge is 0.497 e. The van der Waals surface area contributed by atoms with Crippen molar-refractivity contribution in [1.82, 2.24) is 5.32 Å². The number of amides is 2. The molecule has 6 heteroatoms. The normalized spacial score (nSPS) is 14.6. The van der Waals surface area contributed by atoms with Gasteiger partial charge in [-0.2, -0.15) is 0 Å². The fourth-order valence-electron chi connectivity index (χ4n) is 3.86. The average Bonchev–Trinajstić information content (AvgIpc) is 3.22. The predicted molar refractivity (Wildman–Crippen MR) is 119 cm³/mol. The highest BCUT2D eigenvalue weighted by atomic mass is 16.5. The van der Waals surface area contributed by atoms with E-state index in [1.807, 2.05) is 54.6 Å². The number of ether oxygens (including phenoxy) is 2. The van der Waals surface area contributed by atoms with Crippen molar-refractivity contribution in [3.63, 3.8) is 0 Å². The first kappa shape index (κ1) is 20.5. The van der Waals surface area contributed by atoms with Gasteiger partial charge in [0.2, 0.25) is 5.91 Å². The Morgan fingerprint density at radius 2 is 1.71 bits per heavy atom. The number of benzene rings is 3. The second-order valence-corrected chi connectivity index (χ2v) is 7.29. The zero-order valence-corrected chi connectivity index (χ0v) is 17.5. The third-order valence-electron chi connectivity index (χ3n) is 5.47. The molecule has 0 bridgehead atoms. The van der Waals surface area contributed by atoms with E-state index in [1.54, 1.807) is 37.3 Å². The summed E-state index contributed by atoms with van der Waals surface area (Å²) >= 11 is 0. The Morgan fingerprint density at radius 3 is 2.45 bits per heavy atom. The van der Waals surface area contributed by atoms with Gasteiger partial charge in [-0.3, -0.25) is 14.5 Å². The third kappa shape index (κ3) is 4.10. The van der Waals surface area contributed by atoms with Gasteiger partial charge in [-0.15, -0.1) is 0 Å². The summed E-state index contributed by atoms with van der Waals surface area (Å²) in [4.78, 5) is 28.1. The molecule has 0 aliphatic carbocycles. The van der Waals surface area contributed by atoms with Crippen molar-refractivity contribution < 1.29 is 19.1 Å². The quantitative estimate of drug-likeness (QED) is 0.667. The van der Waals surface area contributed by atoms with Gasteiger partial charge >= 0.3 is 0 Å². The molecule has 1 N–H and O–H groups in total. The van der Waals surface area contributed by atoms with E-state index in [0.717, 1.165) is 16.8 Å². The lowest BCUT2D eigenvalue weighted by Gasteiger charge is -2.25. The van der Waals surface area contributed by atoms with Crippen LogP contribution >= 0.6 is 0 Å². The molecule has 0 saturated heterocycles. The summed E-state index contributed by atoms with van der Waals surface area (Å²) in [7, 11) is 3.17. The Morgan fingerprint density at radius 1 is 0.968 bits per heavy atom. The van der Waals surface area contributed by atoms with Crippen LogP contribution in [0.15, 0.2) is 72.8 Å². The van der Waals surface area contributed by atoms with Gasteiger partial charge < -0.3 is 14.8 Å². The van der Waals surface area contributed by atoms with Crippen molar-refractivity contribution in [3.8, 4) is 11.5 Å². The minimum Gasteiger partial charge on any atom is -0.497 e. The van der Waals surface area contributed by atoms with E-state index in [-0.39, 0.29) is 18.4 Å². The summed E-state index contributed by atoms with van der Waals surface area (Å²) in [6, 6.07) is 21.5. The highest BCUT2D eigenvalue weighted by Gasteiger charge is 2.38. The number of fused-ring (bicyclic) bond motifs is 1. The maximum absolute atomic E-state index is 13.3. The molecule has 0 unspecified atom stereocenters. The van der Waals surface area contributed by atoms with Gasteiger partial charge in [0, 0.05) is 35.8 Å². The summed E-state index contributed by atoms with van der Waals surface area (Å²) in [5.74, 6) is 0.912. The number of para-hydroxylation sites is 1. The third-order valence-corrected chi connectivity index (χ3v) is 5.47. The maximum Gasteiger partial charge on any atom is 0.259 e. The van der Waals surface area contributed by atoms with Crippen LogP contribution in [0.4, 0.5) is 5.69 Å². The van der Waals surface area contributed by atoms with Crippen LogP contribution in [0.25, 0.3) is 0 Å². The van der Waals surface area contributed by atoms with E-state index < -0.39 is 6.04 Å². The molecule has 0 fully saturated rings. The molecule has 31 heavy (non-hydrogen) atoms. The van der Waals surface area contributed by atoms with E-state index in [2.05, 4.69) is 5.32 Å². The molecule has 0 aromatic heterocycles. The van der Waals surface area contributed by atoms with Gasteiger partial charge in [0.05, 0.1) is 14.2 Å². The van der Waals surface area contributed by atoms with Crippen LogP contribution in [0.3, 0.4) is 0 Å². The van der Waals surface area contributed by atoms with Crippen LogP contribution in [-0.2, 0) is 17.8 Å². The number of nitrogens with zero attached hydrogens (tertiary/aromatic N) is 1. The van der Waals surface area contributed by atoms with Crippen LogP contribution in [0.5, 0.6) is 11.5 Å². The van der Waals surface area contributed by atoms with Crippen molar-refractivity contribution >= 4 is 17.5 Å². The molecule has 1 heterocycles. The highest BCUT2D eigenvalue weighted by molar-refractivity contribution is 6.11. The molecule has 0 spiro atoms. The first-order valence-corrected chi connectivity index (χ1v) is 10.1. The predicted octanol–water partition coefficient (Wildman–Crippen LogP) is 3.59. The Hall–Kier alpha value is -3.80. The van der Waals surface area contributed by atoms with Crippen molar-refractivity contribution in [2.45, 2.75) is 19.0 Å². The highest BCUT2D eigenvalue weighted by Crippen LogP contribution is 2.33. The standard InChI is InChI=1S/C25H24N2O4/c1-30-20-13-12-19(23(15-20)31-2)16-26-24(28)22-14-18-10-6-7-11-21(18)27(22)25(29)17-8-4-3-5-9-17/h3-13,15,22H,14,16H2,1-2H3,(H,26,28)/t22-/m1/s1.